The van der Waals surface area contributed by atoms with E-state index in [-0.39, 0.29) is 0 Å². The molecule has 1 heteroatoms. The molecule has 0 fully saturated rings. The number of hydrogen-bond donors (Lipinski definition) is 0. The van der Waals surface area contributed by atoms with Crippen molar-refractivity contribution in [2.24, 2.45) is 0 Å². The van der Waals surface area contributed by atoms with Gasteiger partial charge in [0.15, 0.2) is 0 Å². The number of benzene rings is 2. The SMILES string of the molecule is CCc1ccc2c(c1C)CCN(Cc1ccccc1)C2. The average molecular weight is 265 g/mol. The minimum absolute atomic E-state index is 1.06. The van der Waals surface area contributed by atoms with E-state index in [1.807, 2.05) is 0 Å². The summed E-state index contributed by atoms with van der Waals surface area (Å²) >= 11 is 0. The van der Waals surface area contributed by atoms with Gasteiger partial charge in [-0.2, -0.15) is 0 Å². The van der Waals surface area contributed by atoms with E-state index in [0.29, 0.717) is 0 Å². The fraction of sp³-hybridized carbons (Fsp3) is 0.368. The van der Waals surface area contributed by atoms with Crippen molar-refractivity contribution in [3.05, 3.63) is 70.3 Å². The second-order valence-electron chi connectivity index (χ2n) is 5.79. The molecule has 1 nitrogen and oxygen atoms in total. The van der Waals surface area contributed by atoms with E-state index in [4.69, 9.17) is 0 Å². The normalized spacial score (nSPS) is 15.1. The molecule has 2 aromatic rings. The first-order valence-electron chi connectivity index (χ1n) is 7.64. The Balaban J connectivity index is 1.77. The van der Waals surface area contributed by atoms with E-state index in [9.17, 15) is 0 Å². The van der Waals surface area contributed by atoms with Crippen LogP contribution in [0.5, 0.6) is 0 Å². The molecule has 0 radical (unpaired) electrons. The molecule has 1 aliphatic rings. The highest BCUT2D eigenvalue weighted by Crippen LogP contribution is 2.26. The number of aryl methyl sites for hydroxylation is 1. The van der Waals surface area contributed by atoms with Crippen LogP contribution in [0.15, 0.2) is 42.5 Å². The molecular weight excluding hydrogens is 242 g/mol. The number of fused-ring (bicyclic) bond motifs is 1. The van der Waals surface area contributed by atoms with Crippen molar-refractivity contribution in [3.8, 4) is 0 Å². The van der Waals surface area contributed by atoms with Crippen LogP contribution in [0.25, 0.3) is 0 Å². The van der Waals surface area contributed by atoms with Crippen molar-refractivity contribution < 1.29 is 0 Å². The number of hydrogen-bond acceptors (Lipinski definition) is 1. The molecule has 0 saturated carbocycles. The third-order valence-corrected chi connectivity index (χ3v) is 4.51. The number of nitrogens with zero attached hydrogens (tertiary/aromatic N) is 1. The van der Waals surface area contributed by atoms with Gasteiger partial charge in [-0.15, -0.1) is 0 Å². The Morgan fingerprint density at radius 1 is 1.05 bits per heavy atom. The minimum Gasteiger partial charge on any atom is -0.294 e. The quantitative estimate of drug-likeness (QED) is 0.807. The van der Waals surface area contributed by atoms with Gasteiger partial charge in [-0.3, -0.25) is 4.90 Å². The Morgan fingerprint density at radius 2 is 1.85 bits per heavy atom. The molecule has 104 valence electrons. The maximum Gasteiger partial charge on any atom is 0.0240 e. The lowest BCUT2D eigenvalue weighted by molar-refractivity contribution is 0.245. The zero-order valence-corrected chi connectivity index (χ0v) is 12.5. The molecule has 3 rings (SSSR count). The third-order valence-electron chi connectivity index (χ3n) is 4.51. The molecule has 0 aromatic heterocycles. The molecule has 1 heterocycles. The Labute approximate surface area is 122 Å². The summed E-state index contributed by atoms with van der Waals surface area (Å²) in [5.74, 6) is 0. The largest absolute Gasteiger partial charge is 0.294 e. The second kappa shape index (κ2) is 5.80. The Bertz CT molecular complexity index is 586. The molecule has 0 N–H and O–H groups in total. The van der Waals surface area contributed by atoms with E-state index < -0.39 is 0 Å². The van der Waals surface area contributed by atoms with Gasteiger partial charge in [0.2, 0.25) is 0 Å². The molecule has 1 aliphatic heterocycles. The van der Waals surface area contributed by atoms with Gasteiger partial charge < -0.3 is 0 Å². The first-order valence-corrected chi connectivity index (χ1v) is 7.64. The van der Waals surface area contributed by atoms with Gasteiger partial charge >= 0.3 is 0 Å². The van der Waals surface area contributed by atoms with Gasteiger partial charge in [0.1, 0.15) is 0 Å². The van der Waals surface area contributed by atoms with Gasteiger partial charge in [0.25, 0.3) is 0 Å². The summed E-state index contributed by atoms with van der Waals surface area (Å²) in [6, 6.07) is 15.5. The summed E-state index contributed by atoms with van der Waals surface area (Å²) in [6.07, 6.45) is 2.34. The van der Waals surface area contributed by atoms with Gasteiger partial charge in [-0.1, -0.05) is 49.4 Å². The van der Waals surface area contributed by atoms with E-state index in [0.717, 1.165) is 19.5 Å². The topological polar surface area (TPSA) is 3.24 Å². The third kappa shape index (κ3) is 2.64. The van der Waals surface area contributed by atoms with Crippen LogP contribution in [0.3, 0.4) is 0 Å². The maximum absolute atomic E-state index is 2.56. The molecule has 0 amide bonds. The van der Waals surface area contributed by atoms with Crippen LogP contribution < -0.4 is 0 Å². The molecule has 0 bridgehead atoms. The highest BCUT2D eigenvalue weighted by atomic mass is 15.1. The Hall–Kier alpha value is -1.60. The highest BCUT2D eigenvalue weighted by Gasteiger charge is 2.18. The maximum atomic E-state index is 2.56. The lowest BCUT2D eigenvalue weighted by Gasteiger charge is -2.30. The van der Waals surface area contributed by atoms with Crippen molar-refractivity contribution in [1.82, 2.24) is 4.90 Å². The van der Waals surface area contributed by atoms with Crippen LogP contribution in [-0.4, -0.2) is 11.4 Å². The Morgan fingerprint density at radius 3 is 2.60 bits per heavy atom. The molecule has 0 atom stereocenters. The lowest BCUT2D eigenvalue weighted by Crippen LogP contribution is -2.30. The molecule has 0 saturated heterocycles. The molecular formula is C19H23N. The van der Waals surface area contributed by atoms with Crippen molar-refractivity contribution >= 4 is 0 Å². The van der Waals surface area contributed by atoms with Gasteiger partial charge in [0, 0.05) is 19.6 Å². The van der Waals surface area contributed by atoms with Crippen LogP contribution in [-0.2, 0) is 25.9 Å². The fourth-order valence-corrected chi connectivity index (χ4v) is 3.31. The van der Waals surface area contributed by atoms with Crippen LogP contribution in [0.2, 0.25) is 0 Å². The van der Waals surface area contributed by atoms with Crippen molar-refractivity contribution in [1.29, 1.82) is 0 Å². The van der Waals surface area contributed by atoms with E-state index in [1.54, 1.807) is 5.56 Å². The van der Waals surface area contributed by atoms with Crippen molar-refractivity contribution in [2.75, 3.05) is 6.54 Å². The molecule has 0 spiro atoms. The smallest absolute Gasteiger partial charge is 0.0240 e. The monoisotopic (exact) mass is 265 g/mol. The van der Waals surface area contributed by atoms with Crippen LogP contribution in [0.4, 0.5) is 0 Å². The van der Waals surface area contributed by atoms with E-state index in [2.05, 4.69) is 61.2 Å². The standard InChI is InChI=1S/C19H23N/c1-3-17-9-10-18-14-20(12-11-19(18)15(17)2)13-16-7-5-4-6-8-16/h4-10H,3,11-14H2,1-2H3. The summed E-state index contributed by atoms with van der Waals surface area (Å²) in [7, 11) is 0. The van der Waals surface area contributed by atoms with E-state index in [1.165, 1.54) is 35.2 Å². The van der Waals surface area contributed by atoms with Gasteiger partial charge in [-0.25, -0.2) is 0 Å². The van der Waals surface area contributed by atoms with Crippen LogP contribution in [0.1, 0.15) is 34.7 Å². The van der Waals surface area contributed by atoms with Crippen molar-refractivity contribution in [3.63, 3.8) is 0 Å². The van der Waals surface area contributed by atoms with Crippen LogP contribution in [0, 0.1) is 6.92 Å². The molecule has 20 heavy (non-hydrogen) atoms. The van der Waals surface area contributed by atoms with Gasteiger partial charge in [0.05, 0.1) is 0 Å². The summed E-state index contributed by atoms with van der Waals surface area (Å²) in [4.78, 5) is 2.56. The lowest BCUT2D eigenvalue weighted by atomic mass is 9.91. The zero-order valence-electron chi connectivity index (χ0n) is 12.5. The second-order valence-corrected chi connectivity index (χ2v) is 5.79. The predicted octanol–water partition coefficient (Wildman–Crippen LogP) is 4.12. The number of rotatable bonds is 3. The van der Waals surface area contributed by atoms with Crippen molar-refractivity contribution in [2.45, 2.75) is 39.8 Å². The molecule has 2 aromatic carbocycles. The Kier molecular flexibility index (Phi) is 3.88. The van der Waals surface area contributed by atoms with Crippen LogP contribution >= 0.6 is 0 Å². The first kappa shape index (κ1) is 13.4. The molecule has 0 unspecified atom stereocenters. The first-order chi connectivity index (χ1) is 9.78. The zero-order chi connectivity index (χ0) is 13.9. The minimum atomic E-state index is 1.06. The average Bonchev–Trinajstić information content (AvgIpc) is 2.49. The predicted molar refractivity (Wildman–Crippen MR) is 84.8 cm³/mol. The molecule has 0 aliphatic carbocycles. The summed E-state index contributed by atoms with van der Waals surface area (Å²) in [5, 5.41) is 0. The summed E-state index contributed by atoms with van der Waals surface area (Å²) < 4.78 is 0. The summed E-state index contributed by atoms with van der Waals surface area (Å²) in [5.41, 5.74) is 7.60. The van der Waals surface area contributed by atoms with E-state index >= 15 is 0 Å². The highest BCUT2D eigenvalue weighted by molar-refractivity contribution is 5.41. The summed E-state index contributed by atoms with van der Waals surface area (Å²) in [6.45, 7) is 7.88. The fourth-order valence-electron chi connectivity index (χ4n) is 3.31. The van der Waals surface area contributed by atoms with Gasteiger partial charge in [-0.05, 0) is 47.6 Å².